The summed E-state index contributed by atoms with van der Waals surface area (Å²) in [6, 6.07) is 1.82. The summed E-state index contributed by atoms with van der Waals surface area (Å²) in [5.74, 6) is 0.0879. The van der Waals surface area contributed by atoms with Gasteiger partial charge in [0, 0.05) is 38.2 Å². The van der Waals surface area contributed by atoms with Crippen molar-refractivity contribution < 1.29 is 4.79 Å². The molecule has 1 saturated heterocycles. The minimum absolute atomic E-state index is 0.0879. The van der Waals surface area contributed by atoms with E-state index in [1.165, 1.54) is 0 Å². The summed E-state index contributed by atoms with van der Waals surface area (Å²) < 4.78 is 0. The molecule has 1 aliphatic rings. The first-order chi connectivity index (χ1) is 7.33. The van der Waals surface area contributed by atoms with Gasteiger partial charge in [-0.05, 0) is 18.9 Å². The van der Waals surface area contributed by atoms with Crippen LogP contribution in [0.5, 0.6) is 0 Å². The van der Waals surface area contributed by atoms with Crippen LogP contribution in [-0.2, 0) is 0 Å². The lowest BCUT2D eigenvalue weighted by atomic mass is 10.2. The van der Waals surface area contributed by atoms with Crippen LogP contribution in [0.4, 0.5) is 5.69 Å². The molecule has 4 nitrogen and oxygen atoms in total. The Hall–Kier alpha value is -1.58. The molecule has 1 aromatic rings. The number of carbonyl (C=O) groups is 1. The first-order valence-electron chi connectivity index (χ1n) is 5.24. The molecule has 0 saturated carbocycles. The van der Waals surface area contributed by atoms with E-state index in [9.17, 15) is 4.79 Å². The van der Waals surface area contributed by atoms with E-state index in [0.29, 0.717) is 5.56 Å². The van der Waals surface area contributed by atoms with E-state index >= 15 is 0 Å². The summed E-state index contributed by atoms with van der Waals surface area (Å²) in [5.41, 5.74) is 1.52. The zero-order valence-electron chi connectivity index (χ0n) is 8.86. The Morgan fingerprint density at radius 3 is 2.87 bits per heavy atom. The van der Waals surface area contributed by atoms with Gasteiger partial charge in [-0.3, -0.25) is 9.78 Å². The summed E-state index contributed by atoms with van der Waals surface area (Å²) in [4.78, 5) is 18.0. The summed E-state index contributed by atoms with van der Waals surface area (Å²) >= 11 is 0. The van der Waals surface area contributed by atoms with Gasteiger partial charge in [0.05, 0.1) is 5.56 Å². The summed E-state index contributed by atoms with van der Waals surface area (Å²) in [5, 5.41) is 3.01. The highest BCUT2D eigenvalue weighted by atomic mass is 16.2. The largest absolute Gasteiger partial charge is 0.387 e. The number of hydrogen-bond acceptors (Lipinski definition) is 3. The Labute approximate surface area is 89.3 Å². The molecular weight excluding hydrogens is 190 g/mol. The quantitative estimate of drug-likeness (QED) is 0.793. The molecule has 1 amide bonds. The second kappa shape index (κ2) is 4.29. The van der Waals surface area contributed by atoms with E-state index in [2.05, 4.69) is 10.3 Å². The highest BCUT2D eigenvalue weighted by Crippen LogP contribution is 2.18. The average molecular weight is 205 g/mol. The van der Waals surface area contributed by atoms with Gasteiger partial charge in [-0.1, -0.05) is 0 Å². The van der Waals surface area contributed by atoms with Gasteiger partial charge >= 0.3 is 0 Å². The molecule has 1 aromatic heterocycles. The molecule has 1 aliphatic heterocycles. The van der Waals surface area contributed by atoms with E-state index in [1.54, 1.807) is 12.4 Å². The van der Waals surface area contributed by atoms with Crippen LogP contribution in [-0.4, -0.2) is 35.9 Å². The Morgan fingerprint density at radius 1 is 1.47 bits per heavy atom. The lowest BCUT2D eigenvalue weighted by Gasteiger charge is -2.16. The zero-order chi connectivity index (χ0) is 10.7. The zero-order valence-corrected chi connectivity index (χ0v) is 8.86. The third kappa shape index (κ3) is 1.93. The molecule has 2 heterocycles. The van der Waals surface area contributed by atoms with Gasteiger partial charge in [0.25, 0.3) is 5.91 Å². The fraction of sp³-hybridized carbons (Fsp3) is 0.455. The monoisotopic (exact) mass is 205 g/mol. The third-order valence-electron chi connectivity index (χ3n) is 2.71. The smallest absolute Gasteiger partial charge is 0.257 e. The molecule has 1 fully saturated rings. The van der Waals surface area contributed by atoms with Crippen LogP contribution in [0.15, 0.2) is 18.5 Å². The maximum atomic E-state index is 12.1. The molecule has 80 valence electrons. The van der Waals surface area contributed by atoms with Crippen LogP contribution in [0.1, 0.15) is 23.2 Å². The third-order valence-corrected chi connectivity index (χ3v) is 2.71. The Morgan fingerprint density at radius 2 is 2.20 bits per heavy atom. The van der Waals surface area contributed by atoms with Crippen molar-refractivity contribution in [2.75, 3.05) is 25.5 Å². The van der Waals surface area contributed by atoms with Crippen molar-refractivity contribution in [3.05, 3.63) is 24.0 Å². The lowest BCUT2D eigenvalue weighted by Crippen LogP contribution is -2.28. The number of nitrogens with one attached hydrogen (secondary N) is 1. The van der Waals surface area contributed by atoms with Gasteiger partial charge in [-0.15, -0.1) is 0 Å². The normalized spacial score (nSPS) is 15.4. The second-order valence-corrected chi connectivity index (χ2v) is 3.67. The van der Waals surface area contributed by atoms with Gasteiger partial charge in [0.1, 0.15) is 0 Å². The molecule has 0 radical (unpaired) electrons. The number of pyridine rings is 1. The number of likely N-dealkylation sites (tertiary alicyclic amines) is 1. The molecule has 2 rings (SSSR count). The van der Waals surface area contributed by atoms with E-state index < -0.39 is 0 Å². The molecule has 1 N–H and O–H groups in total. The van der Waals surface area contributed by atoms with Crippen LogP contribution >= 0.6 is 0 Å². The number of carbonyl (C=O) groups excluding carboxylic acids is 1. The molecule has 0 bridgehead atoms. The first kappa shape index (κ1) is 9.96. The van der Waals surface area contributed by atoms with Crippen molar-refractivity contribution in [1.82, 2.24) is 9.88 Å². The number of amides is 1. The van der Waals surface area contributed by atoms with Gasteiger partial charge in [0.2, 0.25) is 0 Å². The highest BCUT2D eigenvalue weighted by molar-refractivity contribution is 5.99. The Bertz CT molecular complexity index is 359. The summed E-state index contributed by atoms with van der Waals surface area (Å²) in [6.07, 6.45) is 5.54. The molecule has 0 aromatic carbocycles. The summed E-state index contributed by atoms with van der Waals surface area (Å²) in [7, 11) is 1.82. The van der Waals surface area contributed by atoms with Crippen molar-refractivity contribution in [3.63, 3.8) is 0 Å². The van der Waals surface area contributed by atoms with E-state index in [1.807, 2.05) is 18.0 Å². The minimum atomic E-state index is 0.0879. The maximum Gasteiger partial charge on any atom is 0.257 e. The minimum Gasteiger partial charge on any atom is -0.387 e. The molecule has 0 atom stereocenters. The second-order valence-electron chi connectivity index (χ2n) is 3.67. The van der Waals surface area contributed by atoms with Gasteiger partial charge in [0.15, 0.2) is 0 Å². The van der Waals surface area contributed by atoms with Gasteiger partial charge < -0.3 is 10.2 Å². The van der Waals surface area contributed by atoms with Crippen LogP contribution in [0, 0.1) is 0 Å². The fourth-order valence-corrected chi connectivity index (χ4v) is 1.87. The van der Waals surface area contributed by atoms with Crippen LogP contribution in [0.2, 0.25) is 0 Å². The molecule has 0 unspecified atom stereocenters. The SMILES string of the molecule is CNc1ccncc1C(=O)N1CCCC1. The van der Waals surface area contributed by atoms with Crippen molar-refractivity contribution in [2.45, 2.75) is 12.8 Å². The van der Waals surface area contributed by atoms with E-state index in [4.69, 9.17) is 0 Å². The molecule has 0 spiro atoms. The number of hydrogen-bond donors (Lipinski definition) is 1. The number of rotatable bonds is 2. The topological polar surface area (TPSA) is 45.2 Å². The first-order valence-corrected chi connectivity index (χ1v) is 5.24. The van der Waals surface area contributed by atoms with Gasteiger partial charge in [-0.25, -0.2) is 0 Å². The van der Waals surface area contributed by atoms with E-state index in [0.717, 1.165) is 31.6 Å². The van der Waals surface area contributed by atoms with Crippen molar-refractivity contribution in [3.8, 4) is 0 Å². The number of aromatic nitrogens is 1. The van der Waals surface area contributed by atoms with Crippen molar-refractivity contribution in [1.29, 1.82) is 0 Å². The maximum absolute atomic E-state index is 12.1. The van der Waals surface area contributed by atoms with Crippen molar-refractivity contribution >= 4 is 11.6 Å². The molecule has 0 aliphatic carbocycles. The summed E-state index contributed by atoms with van der Waals surface area (Å²) in [6.45, 7) is 1.74. The fourth-order valence-electron chi connectivity index (χ4n) is 1.87. The number of anilines is 1. The predicted molar refractivity (Wildman–Crippen MR) is 58.9 cm³/mol. The molecular formula is C11H15N3O. The number of nitrogens with zero attached hydrogens (tertiary/aromatic N) is 2. The Kier molecular flexibility index (Phi) is 2.85. The highest BCUT2D eigenvalue weighted by Gasteiger charge is 2.21. The Balaban J connectivity index is 2.24. The molecule has 4 heteroatoms. The molecule has 15 heavy (non-hydrogen) atoms. The standard InChI is InChI=1S/C11H15N3O/c1-12-10-4-5-13-8-9(10)11(15)14-6-2-3-7-14/h4-5,8H,2-3,6-7H2,1H3,(H,12,13). The lowest BCUT2D eigenvalue weighted by molar-refractivity contribution is 0.0793. The van der Waals surface area contributed by atoms with Crippen molar-refractivity contribution in [2.24, 2.45) is 0 Å². The van der Waals surface area contributed by atoms with Crippen LogP contribution in [0.3, 0.4) is 0 Å². The van der Waals surface area contributed by atoms with Gasteiger partial charge in [-0.2, -0.15) is 0 Å². The predicted octanol–water partition coefficient (Wildman–Crippen LogP) is 1.36. The van der Waals surface area contributed by atoms with E-state index in [-0.39, 0.29) is 5.91 Å². The average Bonchev–Trinajstić information content (AvgIpc) is 2.81. The van der Waals surface area contributed by atoms with Crippen LogP contribution in [0.25, 0.3) is 0 Å². The van der Waals surface area contributed by atoms with Crippen LogP contribution < -0.4 is 5.32 Å².